The first-order valence-corrected chi connectivity index (χ1v) is 10.0. The molecule has 0 saturated carbocycles. The van der Waals surface area contributed by atoms with Crippen molar-refractivity contribution in [2.24, 2.45) is 0 Å². The number of fused-ring (bicyclic) bond motifs is 1. The summed E-state index contributed by atoms with van der Waals surface area (Å²) in [4.78, 5) is 17.4. The number of carbonyl (C=O) groups is 1. The summed E-state index contributed by atoms with van der Waals surface area (Å²) in [5.41, 5.74) is 1.56. The number of aliphatic hydroxyl groups is 2. The first-order valence-electron chi connectivity index (χ1n) is 9.12. The highest BCUT2D eigenvalue weighted by molar-refractivity contribution is 7.99. The predicted molar refractivity (Wildman–Crippen MR) is 111 cm³/mol. The van der Waals surface area contributed by atoms with Crippen LogP contribution in [0, 0.1) is 0 Å². The van der Waals surface area contributed by atoms with Gasteiger partial charge in [0.2, 0.25) is 0 Å². The Morgan fingerprint density at radius 3 is 2.50 bits per heavy atom. The van der Waals surface area contributed by atoms with Crippen LogP contribution < -0.4 is 9.64 Å². The Kier molecular flexibility index (Phi) is 6.61. The van der Waals surface area contributed by atoms with Crippen LogP contribution in [0.2, 0.25) is 0 Å². The van der Waals surface area contributed by atoms with Crippen LogP contribution in [0.5, 0.6) is 5.75 Å². The maximum Gasteiger partial charge on any atom is 0.257 e. The molecule has 1 unspecified atom stereocenters. The highest BCUT2D eigenvalue weighted by Gasteiger charge is 2.37. The Bertz CT molecular complexity index is 812. The van der Waals surface area contributed by atoms with E-state index in [2.05, 4.69) is 0 Å². The molecule has 1 amide bonds. The molecule has 150 valence electrons. The lowest BCUT2D eigenvalue weighted by atomic mass is 10.1. The van der Waals surface area contributed by atoms with Gasteiger partial charge in [-0.2, -0.15) is 0 Å². The normalized spacial score (nSPS) is 20.6. The van der Waals surface area contributed by atoms with E-state index in [9.17, 15) is 15.0 Å². The van der Waals surface area contributed by atoms with Crippen molar-refractivity contribution in [3.8, 4) is 5.75 Å². The van der Waals surface area contributed by atoms with E-state index >= 15 is 0 Å². The lowest BCUT2D eigenvalue weighted by Crippen LogP contribution is -2.46. The molecule has 0 aromatic heterocycles. The average Bonchev–Trinajstić information content (AvgIpc) is 2.78. The van der Waals surface area contributed by atoms with Gasteiger partial charge in [0.25, 0.3) is 5.91 Å². The zero-order valence-electron chi connectivity index (χ0n) is 16.3. The number of nitrogens with zero attached hydrogens (tertiary/aromatic N) is 2. The fourth-order valence-corrected chi connectivity index (χ4v) is 4.58. The number of ether oxygens (including phenoxy) is 1. The maximum absolute atomic E-state index is 13.1. The number of hydrogen-bond donors (Lipinski definition) is 2. The van der Waals surface area contributed by atoms with Gasteiger partial charge in [-0.05, 0) is 43.9 Å². The average molecular weight is 403 g/mol. The molecular weight excluding hydrogens is 376 g/mol. The molecule has 0 aliphatic carbocycles. The Balaban J connectivity index is 1.94. The fourth-order valence-electron chi connectivity index (χ4n) is 3.31. The number of thioether (sulfide) groups is 1. The minimum Gasteiger partial charge on any atom is -0.497 e. The summed E-state index contributed by atoms with van der Waals surface area (Å²) in [6.45, 7) is 0.554. The fraction of sp³-hybridized carbons (Fsp3) is 0.381. The van der Waals surface area contributed by atoms with Crippen molar-refractivity contribution in [1.29, 1.82) is 0 Å². The van der Waals surface area contributed by atoms with Gasteiger partial charge in [0.05, 0.1) is 30.7 Å². The van der Waals surface area contributed by atoms with Gasteiger partial charge in [-0.1, -0.05) is 24.3 Å². The van der Waals surface area contributed by atoms with E-state index in [-0.39, 0.29) is 6.54 Å². The van der Waals surface area contributed by atoms with E-state index < -0.39 is 23.4 Å². The zero-order chi connectivity index (χ0) is 20.3. The van der Waals surface area contributed by atoms with Gasteiger partial charge in [-0.25, -0.2) is 0 Å². The number of aliphatic hydroxyl groups excluding tert-OH is 2. The summed E-state index contributed by atoms with van der Waals surface area (Å²) >= 11 is 1.46. The molecule has 0 radical (unpaired) electrons. The van der Waals surface area contributed by atoms with Gasteiger partial charge < -0.3 is 24.7 Å². The molecule has 0 spiro atoms. The van der Waals surface area contributed by atoms with E-state index in [1.54, 1.807) is 7.11 Å². The number of methoxy groups -OCH3 is 1. The molecule has 1 heterocycles. The van der Waals surface area contributed by atoms with Crippen molar-refractivity contribution in [1.82, 2.24) is 4.90 Å². The first-order chi connectivity index (χ1) is 13.4. The standard InChI is InChI=1S/C21H26N2O4S/c1-22(2)12-15(24)13-23-17-6-4-5-7-18(17)28-20(19(25)21(23)26)14-8-10-16(27-3)11-9-14/h4-11,15,19-20,24-25H,12-13H2,1-3H3/t15?,19-,20+/m1/s1. The van der Waals surface area contributed by atoms with Crippen LogP contribution >= 0.6 is 11.8 Å². The molecule has 1 aliphatic heterocycles. The third-order valence-corrected chi connectivity index (χ3v) is 6.01. The van der Waals surface area contributed by atoms with Gasteiger partial charge in [-0.15, -0.1) is 11.8 Å². The Morgan fingerprint density at radius 1 is 1.18 bits per heavy atom. The molecule has 0 bridgehead atoms. The van der Waals surface area contributed by atoms with Crippen molar-refractivity contribution in [2.75, 3.05) is 39.2 Å². The summed E-state index contributed by atoms with van der Waals surface area (Å²) in [7, 11) is 5.33. The van der Waals surface area contributed by atoms with Crippen LogP contribution in [0.4, 0.5) is 5.69 Å². The summed E-state index contributed by atoms with van der Waals surface area (Å²) in [6.07, 6.45) is -1.95. The molecule has 6 nitrogen and oxygen atoms in total. The number of amides is 1. The Labute approximate surface area is 169 Å². The van der Waals surface area contributed by atoms with Crippen molar-refractivity contribution >= 4 is 23.4 Å². The lowest BCUT2D eigenvalue weighted by molar-refractivity contribution is -0.127. The second-order valence-corrected chi connectivity index (χ2v) is 8.27. The lowest BCUT2D eigenvalue weighted by Gasteiger charge is -2.28. The number of para-hydroxylation sites is 1. The second kappa shape index (κ2) is 8.96. The van der Waals surface area contributed by atoms with Gasteiger partial charge in [0.15, 0.2) is 0 Å². The summed E-state index contributed by atoms with van der Waals surface area (Å²) in [5, 5.41) is 20.8. The van der Waals surface area contributed by atoms with Crippen molar-refractivity contribution in [3.05, 3.63) is 54.1 Å². The number of hydrogen-bond acceptors (Lipinski definition) is 6. The topological polar surface area (TPSA) is 73.2 Å². The maximum atomic E-state index is 13.1. The molecule has 2 aromatic rings. The molecule has 28 heavy (non-hydrogen) atoms. The monoisotopic (exact) mass is 402 g/mol. The SMILES string of the molecule is COc1ccc([C@@H]2Sc3ccccc3N(CC(O)CN(C)C)C(=O)[C@@H]2O)cc1. The quantitative estimate of drug-likeness (QED) is 0.772. The van der Waals surface area contributed by atoms with Crippen LogP contribution in [0.1, 0.15) is 10.8 Å². The summed E-state index contributed by atoms with van der Waals surface area (Å²) < 4.78 is 5.20. The molecule has 7 heteroatoms. The van der Waals surface area contributed by atoms with E-state index in [0.717, 1.165) is 16.2 Å². The molecule has 0 fully saturated rings. The minimum atomic E-state index is -1.22. The molecule has 3 atom stereocenters. The van der Waals surface area contributed by atoms with Crippen molar-refractivity contribution in [3.63, 3.8) is 0 Å². The van der Waals surface area contributed by atoms with Crippen LogP contribution in [0.15, 0.2) is 53.4 Å². The zero-order valence-corrected chi connectivity index (χ0v) is 17.1. The van der Waals surface area contributed by atoms with Gasteiger partial charge in [0, 0.05) is 11.4 Å². The van der Waals surface area contributed by atoms with E-state index in [4.69, 9.17) is 4.74 Å². The number of likely N-dealkylation sites (N-methyl/N-ethyl adjacent to an activating group) is 1. The van der Waals surface area contributed by atoms with Crippen molar-refractivity contribution < 1.29 is 19.7 Å². The third-order valence-electron chi connectivity index (χ3n) is 4.63. The summed E-state index contributed by atoms with van der Waals surface area (Å²) in [6, 6.07) is 14.9. The highest BCUT2D eigenvalue weighted by Crippen LogP contribution is 2.45. The van der Waals surface area contributed by atoms with Gasteiger partial charge >= 0.3 is 0 Å². The molecular formula is C21H26N2O4S. The van der Waals surface area contributed by atoms with E-state index in [1.807, 2.05) is 67.5 Å². The minimum absolute atomic E-state index is 0.126. The number of β-amino-alcohol motifs (C(OH)–C–C–N with tert-alkyl or cyclic N) is 1. The van der Waals surface area contributed by atoms with Crippen LogP contribution in [0.25, 0.3) is 0 Å². The van der Waals surface area contributed by atoms with E-state index in [0.29, 0.717) is 12.2 Å². The highest BCUT2D eigenvalue weighted by atomic mass is 32.2. The van der Waals surface area contributed by atoms with Crippen LogP contribution in [-0.4, -0.2) is 67.5 Å². The Morgan fingerprint density at radius 2 is 1.86 bits per heavy atom. The predicted octanol–water partition coefficient (Wildman–Crippen LogP) is 2.16. The molecule has 3 rings (SSSR count). The molecule has 2 N–H and O–H groups in total. The Hall–Kier alpha value is -2.06. The number of carbonyl (C=O) groups excluding carboxylic acids is 1. The van der Waals surface area contributed by atoms with Gasteiger partial charge in [-0.3, -0.25) is 4.79 Å². The summed E-state index contributed by atoms with van der Waals surface area (Å²) in [5.74, 6) is 0.313. The number of rotatable bonds is 6. The number of anilines is 1. The van der Waals surface area contributed by atoms with Gasteiger partial charge in [0.1, 0.15) is 11.9 Å². The third kappa shape index (κ3) is 4.50. The van der Waals surface area contributed by atoms with Crippen LogP contribution in [0.3, 0.4) is 0 Å². The first kappa shape index (κ1) is 20.7. The molecule has 1 aliphatic rings. The second-order valence-electron chi connectivity index (χ2n) is 7.09. The van der Waals surface area contributed by atoms with Crippen LogP contribution in [-0.2, 0) is 4.79 Å². The molecule has 2 aromatic carbocycles. The van der Waals surface area contributed by atoms with E-state index in [1.165, 1.54) is 16.7 Å². The molecule has 0 saturated heterocycles. The number of benzene rings is 2. The van der Waals surface area contributed by atoms with Crippen molar-refractivity contribution in [2.45, 2.75) is 22.4 Å². The smallest absolute Gasteiger partial charge is 0.257 e. The largest absolute Gasteiger partial charge is 0.497 e.